The molecule has 0 rings (SSSR count). The molecule has 0 radical (unpaired) electrons. The Bertz CT molecular complexity index is 214. The van der Waals surface area contributed by atoms with Crippen molar-refractivity contribution in [3.05, 3.63) is 0 Å². The molecule has 0 spiro atoms. The van der Waals surface area contributed by atoms with Gasteiger partial charge in [0, 0.05) is 19.6 Å². The standard InChI is InChI=1S/C12H27N3O2/c1-5-15(10-9-14-8-6-7-13)11(16)17-12(2,3)4/h14H,5-10,13H2,1-4H3. The number of likely N-dealkylation sites (N-methyl/N-ethyl adjacent to an activating group) is 1. The molecule has 17 heavy (non-hydrogen) atoms. The van der Waals surface area contributed by atoms with E-state index in [-0.39, 0.29) is 6.09 Å². The third-order valence-electron chi connectivity index (χ3n) is 2.15. The maximum atomic E-state index is 11.8. The summed E-state index contributed by atoms with van der Waals surface area (Å²) in [5.74, 6) is 0. The fourth-order valence-corrected chi connectivity index (χ4v) is 1.27. The third-order valence-corrected chi connectivity index (χ3v) is 2.15. The summed E-state index contributed by atoms with van der Waals surface area (Å²) in [6.45, 7) is 11.2. The first-order chi connectivity index (χ1) is 7.90. The van der Waals surface area contributed by atoms with E-state index in [4.69, 9.17) is 10.5 Å². The molecule has 0 unspecified atom stereocenters. The number of nitrogens with zero attached hydrogens (tertiary/aromatic N) is 1. The van der Waals surface area contributed by atoms with Crippen molar-refractivity contribution in [3.63, 3.8) is 0 Å². The van der Waals surface area contributed by atoms with Crippen molar-refractivity contribution >= 4 is 6.09 Å². The van der Waals surface area contributed by atoms with Crippen molar-refractivity contribution in [3.8, 4) is 0 Å². The highest BCUT2D eigenvalue weighted by atomic mass is 16.6. The minimum absolute atomic E-state index is 0.249. The lowest BCUT2D eigenvalue weighted by atomic mass is 10.2. The summed E-state index contributed by atoms with van der Waals surface area (Å²) in [6, 6.07) is 0. The van der Waals surface area contributed by atoms with Crippen molar-refractivity contribution in [1.29, 1.82) is 0 Å². The van der Waals surface area contributed by atoms with Crippen LogP contribution in [0.15, 0.2) is 0 Å². The average Bonchev–Trinajstić information content (AvgIpc) is 2.20. The molecule has 0 bridgehead atoms. The maximum Gasteiger partial charge on any atom is 0.410 e. The second-order valence-corrected chi connectivity index (χ2v) is 4.95. The van der Waals surface area contributed by atoms with Gasteiger partial charge in [0.15, 0.2) is 0 Å². The fraction of sp³-hybridized carbons (Fsp3) is 0.917. The van der Waals surface area contributed by atoms with Crippen molar-refractivity contribution in [2.24, 2.45) is 5.73 Å². The molecule has 102 valence electrons. The number of ether oxygens (including phenoxy) is 1. The van der Waals surface area contributed by atoms with Crippen molar-refractivity contribution in [1.82, 2.24) is 10.2 Å². The lowest BCUT2D eigenvalue weighted by Crippen LogP contribution is -2.40. The van der Waals surface area contributed by atoms with E-state index in [9.17, 15) is 4.79 Å². The Labute approximate surface area is 105 Å². The van der Waals surface area contributed by atoms with Crippen LogP contribution in [-0.4, -0.2) is 49.3 Å². The Morgan fingerprint density at radius 2 is 2.00 bits per heavy atom. The van der Waals surface area contributed by atoms with E-state index < -0.39 is 5.60 Å². The molecule has 5 nitrogen and oxygen atoms in total. The molecule has 0 fully saturated rings. The van der Waals surface area contributed by atoms with Gasteiger partial charge < -0.3 is 20.7 Å². The zero-order valence-corrected chi connectivity index (χ0v) is 11.6. The molecule has 0 aromatic rings. The topological polar surface area (TPSA) is 67.6 Å². The molecule has 1 amide bonds. The van der Waals surface area contributed by atoms with Crippen molar-refractivity contribution in [2.75, 3.05) is 32.7 Å². The van der Waals surface area contributed by atoms with Gasteiger partial charge in [0.05, 0.1) is 0 Å². The second kappa shape index (κ2) is 8.31. The fourth-order valence-electron chi connectivity index (χ4n) is 1.27. The third kappa shape index (κ3) is 8.94. The van der Waals surface area contributed by atoms with Crippen LogP contribution in [0.4, 0.5) is 4.79 Å². The minimum Gasteiger partial charge on any atom is -0.444 e. The van der Waals surface area contributed by atoms with E-state index in [1.165, 1.54) is 0 Å². The van der Waals surface area contributed by atoms with Gasteiger partial charge in [-0.1, -0.05) is 0 Å². The number of nitrogens with one attached hydrogen (secondary N) is 1. The maximum absolute atomic E-state index is 11.8. The Morgan fingerprint density at radius 3 is 2.47 bits per heavy atom. The number of carbonyl (C=O) groups excluding carboxylic acids is 1. The first-order valence-electron chi connectivity index (χ1n) is 6.29. The molecule has 0 aromatic carbocycles. The van der Waals surface area contributed by atoms with Gasteiger partial charge in [-0.25, -0.2) is 4.79 Å². The van der Waals surface area contributed by atoms with Gasteiger partial charge in [-0.2, -0.15) is 0 Å². The SMILES string of the molecule is CCN(CCNCCCN)C(=O)OC(C)(C)C. The molecule has 0 aromatic heterocycles. The van der Waals surface area contributed by atoms with E-state index in [1.54, 1.807) is 4.90 Å². The summed E-state index contributed by atoms with van der Waals surface area (Å²) in [5, 5.41) is 3.24. The predicted octanol–water partition coefficient (Wildman–Crippen LogP) is 1.18. The van der Waals surface area contributed by atoms with Gasteiger partial charge in [-0.05, 0) is 47.2 Å². The molecule has 0 heterocycles. The Morgan fingerprint density at radius 1 is 1.35 bits per heavy atom. The van der Waals surface area contributed by atoms with Crippen LogP contribution in [0.5, 0.6) is 0 Å². The summed E-state index contributed by atoms with van der Waals surface area (Å²) < 4.78 is 5.31. The van der Waals surface area contributed by atoms with E-state index in [0.29, 0.717) is 19.6 Å². The first-order valence-corrected chi connectivity index (χ1v) is 6.29. The zero-order chi connectivity index (χ0) is 13.3. The molecule has 0 aliphatic rings. The lowest BCUT2D eigenvalue weighted by molar-refractivity contribution is 0.0262. The highest BCUT2D eigenvalue weighted by Crippen LogP contribution is 2.09. The van der Waals surface area contributed by atoms with Crippen LogP contribution < -0.4 is 11.1 Å². The van der Waals surface area contributed by atoms with Crippen LogP contribution in [0.2, 0.25) is 0 Å². The average molecular weight is 245 g/mol. The number of hydrogen-bond acceptors (Lipinski definition) is 4. The summed E-state index contributed by atoms with van der Waals surface area (Å²) in [6.07, 6.45) is 0.707. The summed E-state index contributed by atoms with van der Waals surface area (Å²) >= 11 is 0. The van der Waals surface area contributed by atoms with Gasteiger partial charge in [-0.15, -0.1) is 0 Å². The minimum atomic E-state index is -0.433. The summed E-state index contributed by atoms with van der Waals surface area (Å²) in [5.41, 5.74) is 4.96. The van der Waals surface area contributed by atoms with Gasteiger partial charge in [0.25, 0.3) is 0 Å². The first kappa shape index (κ1) is 16.2. The Hall–Kier alpha value is -0.810. The summed E-state index contributed by atoms with van der Waals surface area (Å²) in [4.78, 5) is 13.5. The van der Waals surface area contributed by atoms with Crippen LogP contribution in [0, 0.1) is 0 Å². The smallest absolute Gasteiger partial charge is 0.410 e. The molecule has 0 saturated heterocycles. The Kier molecular flexibility index (Phi) is 7.91. The monoisotopic (exact) mass is 245 g/mol. The normalized spacial score (nSPS) is 11.4. The van der Waals surface area contributed by atoms with Crippen LogP contribution >= 0.6 is 0 Å². The van der Waals surface area contributed by atoms with E-state index in [0.717, 1.165) is 19.5 Å². The summed E-state index contributed by atoms with van der Waals surface area (Å²) in [7, 11) is 0. The highest BCUT2D eigenvalue weighted by Gasteiger charge is 2.20. The van der Waals surface area contributed by atoms with E-state index in [2.05, 4.69) is 5.32 Å². The van der Waals surface area contributed by atoms with E-state index >= 15 is 0 Å². The molecule has 5 heteroatoms. The molecular weight excluding hydrogens is 218 g/mol. The predicted molar refractivity (Wildman–Crippen MR) is 70.0 cm³/mol. The second-order valence-electron chi connectivity index (χ2n) is 4.95. The van der Waals surface area contributed by atoms with Crippen LogP contribution in [-0.2, 0) is 4.74 Å². The van der Waals surface area contributed by atoms with Gasteiger partial charge in [0.2, 0.25) is 0 Å². The van der Waals surface area contributed by atoms with Crippen molar-refractivity contribution in [2.45, 2.75) is 39.7 Å². The molecule has 0 saturated carbocycles. The van der Waals surface area contributed by atoms with E-state index in [1.807, 2.05) is 27.7 Å². The van der Waals surface area contributed by atoms with Crippen LogP contribution in [0.3, 0.4) is 0 Å². The molecule has 0 atom stereocenters. The number of nitrogens with two attached hydrogens (primary N) is 1. The zero-order valence-electron chi connectivity index (χ0n) is 11.6. The quantitative estimate of drug-likeness (QED) is 0.661. The number of carbonyl (C=O) groups is 1. The van der Waals surface area contributed by atoms with Crippen LogP contribution in [0.25, 0.3) is 0 Å². The number of rotatable bonds is 7. The van der Waals surface area contributed by atoms with Crippen LogP contribution in [0.1, 0.15) is 34.1 Å². The van der Waals surface area contributed by atoms with Gasteiger partial charge in [0.1, 0.15) is 5.60 Å². The molecule has 0 aliphatic carbocycles. The molecule has 3 N–H and O–H groups in total. The lowest BCUT2D eigenvalue weighted by Gasteiger charge is -2.26. The van der Waals surface area contributed by atoms with Gasteiger partial charge in [-0.3, -0.25) is 0 Å². The number of hydrogen-bond donors (Lipinski definition) is 2. The molecular formula is C12H27N3O2. The molecule has 0 aliphatic heterocycles. The van der Waals surface area contributed by atoms with Gasteiger partial charge >= 0.3 is 6.09 Å². The largest absolute Gasteiger partial charge is 0.444 e. The van der Waals surface area contributed by atoms with Crippen molar-refractivity contribution < 1.29 is 9.53 Å². The number of amides is 1. The highest BCUT2D eigenvalue weighted by molar-refractivity contribution is 5.68. The Balaban J connectivity index is 3.86.